The number of hydrogen-bond donors (Lipinski definition) is 1. The van der Waals surface area contributed by atoms with Crippen LogP contribution in [0.15, 0.2) is 84.9 Å². The third-order valence-corrected chi connectivity index (χ3v) is 5.14. The second kappa shape index (κ2) is 7.98. The van der Waals surface area contributed by atoms with Crippen LogP contribution in [0.2, 0.25) is 0 Å². The second-order valence-corrected chi connectivity index (χ2v) is 7.12. The standard InChI is InChI=1S/C23H16N2O2S/c26-20(17-9-2-1-3-10-17)15-14-16-8-4-5-11-18(16)22(27)25-23-24-19-12-6-7-13-21(19)28-23/h1-15H,(H,24,25,27). The summed E-state index contributed by atoms with van der Waals surface area (Å²) in [5.74, 6) is -0.367. The Balaban J connectivity index is 1.56. The van der Waals surface area contributed by atoms with Crippen LogP contribution < -0.4 is 5.32 Å². The van der Waals surface area contributed by atoms with Crippen LogP contribution in [0.4, 0.5) is 5.13 Å². The number of amides is 1. The molecule has 136 valence electrons. The summed E-state index contributed by atoms with van der Waals surface area (Å²) >= 11 is 1.43. The van der Waals surface area contributed by atoms with Gasteiger partial charge in [0, 0.05) is 11.1 Å². The van der Waals surface area contributed by atoms with E-state index in [1.807, 2.05) is 54.6 Å². The van der Waals surface area contributed by atoms with E-state index in [4.69, 9.17) is 0 Å². The normalized spacial score (nSPS) is 11.0. The first kappa shape index (κ1) is 17.8. The van der Waals surface area contributed by atoms with Crippen LogP contribution in [0.5, 0.6) is 0 Å². The van der Waals surface area contributed by atoms with Gasteiger partial charge in [-0.1, -0.05) is 78.1 Å². The summed E-state index contributed by atoms with van der Waals surface area (Å²) in [4.78, 5) is 29.5. The molecule has 3 aromatic carbocycles. The number of para-hydroxylation sites is 1. The molecule has 4 aromatic rings. The predicted octanol–water partition coefficient (Wildman–Crippen LogP) is 5.44. The fraction of sp³-hybridized carbons (Fsp3) is 0. The molecule has 1 heterocycles. The molecule has 1 aromatic heterocycles. The van der Waals surface area contributed by atoms with Crippen LogP contribution in [0.1, 0.15) is 26.3 Å². The molecule has 1 amide bonds. The van der Waals surface area contributed by atoms with Crippen molar-refractivity contribution < 1.29 is 9.59 Å². The average molecular weight is 384 g/mol. The number of benzene rings is 3. The van der Waals surface area contributed by atoms with Crippen molar-refractivity contribution in [3.05, 3.63) is 102 Å². The van der Waals surface area contributed by atoms with Gasteiger partial charge in [0.05, 0.1) is 10.2 Å². The van der Waals surface area contributed by atoms with Crippen molar-refractivity contribution in [2.75, 3.05) is 5.32 Å². The number of carbonyl (C=O) groups is 2. The van der Waals surface area contributed by atoms with Gasteiger partial charge >= 0.3 is 0 Å². The van der Waals surface area contributed by atoms with Crippen molar-refractivity contribution in [1.29, 1.82) is 0 Å². The Morgan fingerprint density at radius 1 is 0.857 bits per heavy atom. The SMILES string of the molecule is O=C(C=Cc1ccccc1C(=O)Nc1nc2ccccc2s1)c1ccccc1. The number of rotatable bonds is 5. The van der Waals surface area contributed by atoms with Gasteiger partial charge in [-0.25, -0.2) is 4.98 Å². The predicted molar refractivity (Wildman–Crippen MR) is 114 cm³/mol. The summed E-state index contributed by atoms with van der Waals surface area (Å²) < 4.78 is 1.01. The lowest BCUT2D eigenvalue weighted by atomic mass is 10.0. The number of fused-ring (bicyclic) bond motifs is 1. The van der Waals surface area contributed by atoms with Gasteiger partial charge in [0.2, 0.25) is 0 Å². The van der Waals surface area contributed by atoms with Gasteiger partial charge in [0.15, 0.2) is 10.9 Å². The molecular weight excluding hydrogens is 368 g/mol. The number of hydrogen-bond acceptors (Lipinski definition) is 4. The number of thiazole rings is 1. The maximum absolute atomic E-state index is 12.8. The molecule has 28 heavy (non-hydrogen) atoms. The quantitative estimate of drug-likeness (QED) is 0.368. The molecule has 0 fully saturated rings. The van der Waals surface area contributed by atoms with Gasteiger partial charge in [-0.2, -0.15) is 0 Å². The van der Waals surface area contributed by atoms with Crippen molar-refractivity contribution in [2.24, 2.45) is 0 Å². The second-order valence-electron chi connectivity index (χ2n) is 6.09. The molecule has 0 aliphatic heterocycles. The van der Waals surface area contributed by atoms with E-state index in [-0.39, 0.29) is 11.7 Å². The van der Waals surface area contributed by atoms with Gasteiger partial charge in [0.1, 0.15) is 0 Å². The highest BCUT2D eigenvalue weighted by atomic mass is 32.1. The maximum Gasteiger partial charge on any atom is 0.258 e. The molecule has 0 unspecified atom stereocenters. The van der Waals surface area contributed by atoms with E-state index < -0.39 is 0 Å². The highest BCUT2D eigenvalue weighted by Crippen LogP contribution is 2.26. The third-order valence-electron chi connectivity index (χ3n) is 4.19. The minimum atomic E-state index is -0.258. The number of allylic oxidation sites excluding steroid dienone is 1. The minimum Gasteiger partial charge on any atom is -0.298 e. The summed E-state index contributed by atoms with van der Waals surface area (Å²) in [6.45, 7) is 0. The van der Waals surface area contributed by atoms with Crippen LogP contribution in [-0.2, 0) is 0 Å². The minimum absolute atomic E-state index is 0.109. The van der Waals surface area contributed by atoms with E-state index >= 15 is 0 Å². The monoisotopic (exact) mass is 384 g/mol. The number of anilines is 1. The van der Waals surface area contributed by atoms with Crippen molar-refractivity contribution >= 4 is 44.5 Å². The largest absolute Gasteiger partial charge is 0.298 e. The average Bonchev–Trinajstić information content (AvgIpc) is 3.15. The Morgan fingerprint density at radius 2 is 1.57 bits per heavy atom. The summed E-state index contributed by atoms with van der Waals surface area (Å²) in [5, 5.41) is 3.40. The van der Waals surface area contributed by atoms with Gasteiger partial charge in [-0.05, 0) is 29.8 Å². The summed E-state index contributed by atoms with van der Waals surface area (Å²) in [6, 6.07) is 23.9. The smallest absolute Gasteiger partial charge is 0.258 e. The lowest BCUT2D eigenvalue weighted by Gasteiger charge is -2.05. The molecule has 0 saturated carbocycles. The first-order valence-electron chi connectivity index (χ1n) is 8.74. The Bertz CT molecular complexity index is 1150. The zero-order valence-corrected chi connectivity index (χ0v) is 15.6. The van der Waals surface area contributed by atoms with Gasteiger partial charge < -0.3 is 0 Å². The van der Waals surface area contributed by atoms with E-state index in [1.165, 1.54) is 17.4 Å². The Morgan fingerprint density at radius 3 is 2.39 bits per heavy atom. The molecule has 5 heteroatoms. The van der Waals surface area contributed by atoms with Crippen LogP contribution in [0.3, 0.4) is 0 Å². The molecule has 0 spiro atoms. The highest BCUT2D eigenvalue weighted by molar-refractivity contribution is 7.22. The molecule has 0 atom stereocenters. The fourth-order valence-electron chi connectivity index (χ4n) is 2.80. The van der Waals surface area contributed by atoms with Gasteiger partial charge in [-0.3, -0.25) is 14.9 Å². The van der Waals surface area contributed by atoms with E-state index in [0.717, 1.165) is 10.2 Å². The van der Waals surface area contributed by atoms with Crippen molar-refractivity contribution in [1.82, 2.24) is 4.98 Å². The highest BCUT2D eigenvalue weighted by Gasteiger charge is 2.12. The maximum atomic E-state index is 12.8. The van der Waals surface area contributed by atoms with Gasteiger partial charge in [0.25, 0.3) is 5.91 Å². The molecule has 1 N–H and O–H groups in total. The number of carbonyl (C=O) groups excluding carboxylic acids is 2. The van der Waals surface area contributed by atoms with Crippen molar-refractivity contribution in [3.8, 4) is 0 Å². The summed E-state index contributed by atoms with van der Waals surface area (Å²) in [5.41, 5.74) is 2.61. The number of nitrogens with zero attached hydrogens (tertiary/aromatic N) is 1. The lowest BCUT2D eigenvalue weighted by molar-refractivity contribution is 0.102. The topological polar surface area (TPSA) is 59.1 Å². The fourth-order valence-corrected chi connectivity index (χ4v) is 3.66. The molecule has 0 aliphatic rings. The van der Waals surface area contributed by atoms with Gasteiger partial charge in [-0.15, -0.1) is 0 Å². The number of nitrogens with one attached hydrogen (secondary N) is 1. The van der Waals surface area contributed by atoms with E-state index in [9.17, 15) is 9.59 Å². The lowest BCUT2D eigenvalue weighted by Crippen LogP contribution is -2.13. The molecule has 0 bridgehead atoms. The zero-order valence-electron chi connectivity index (χ0n) is 14.8. The third kappa shape index (κ3) is 3.89. The molecule has 0 saturated heterocycles. The van der Waals surface area contributed by atoms with Crippen LogP contribution in [-0.4, -0.2) is 16.7 Å². The molecular formula is C23H16N2O2S. The Hall–Kier alpha value is -3.57. The zero-order chi connectivity index (χ0) is 19.3. The van der Waals surface area contributed by atoms with Crippen LogP contribution >= 0.6 is 11.3 Å². The van der Waals surface area contributed by atoms with Crippen LogP contribution in [0.25, 0.3) is 16.3 Å². The number of ketones is 1. The number of aromatic nitrogens is 1. The van der Waals surface area contributed by atoms with Crippen LogP contribution in [0, 0.1) is 0 Å². The van der Waals surface area contributed by atoms with Crippen molar-refractivity contribution in [2.45, 2.75) is 0 Å². The molecule has 0 aliphatic carbocycles. The van der Waals surface area contributed by atoms with E-state index in [2.05, 4.69) is 10.3 Å². The summed E-state index contributed by atoms with van der Waals surface area (Å²) in [6.07, 6.45) is 3.15. The summed E-state index contributed by atoms with van der Waals surface area (Å²) in [7, 11) is 0. The molecule has 4 rings (SSSR count). The first-order chi connectivity index (χ1) is 13.7. The molecule has 0 radical (unpaired) electrons. The van der Waals surface area contributed by atoms with Crippen molar-refractivity contribution in [3.63, 3.8) is 0 Å². The first-order valence-corrected chi connectivity index (χ1v) is 9.56. The van der Waals surface area contributed by atoms with E-state index in [0.29, 0.717) is 21.8 Å². The Kier molecular flexibility index (Phi) is 5.08. The van der Waals surface area contributed by atoms with E-state index in [1.54, 1.807) is 30.3 Å². The Labute approximate surface area is 166 Å². The molecule has 4 nitrogen and oxygen atoms in total.